The van der Waals surface area contributed by atoms with Crippen LogP contribution in [0.2, 0.25) is 0 Å². The summed E-state index contributed by atoms with van der Waals surface area (Å²) in [5.74, 6) is 1.03. The highest BCUT2D eigenvalue weighted by molar-refractivity contribution is 6.23. The molecule has 2 saturated heterocycles. The topological polar surface area (TPSA) is 163 Å². The number of likely N-dealkylation sites (tertiary alicyclic amines) is 1. The summed E-state index contributed by atoms with van der Waals surface area (Å²) in [7, 11) is 3.24. The number of aromatic nitrogens is 2. The fourth-order valence-corrected chi connectivity index (χ4v) is 11.1. The third kappa shape index (κ3) is 6.61. The van der Waals surface area contributed by atoms with Gasteiger partial charge in [-0.05, 0) is 78.8 Å². The zero-order valence-electron chi connectivity index (χ0n) is 38.4. The van der Waals surface area contributed by atoms with Crippen molar-refractivity contribution >= 4 is 56.2 Å². The maximum absolute atomic E-state index is 15.3. The second kappa shape index (κ2) is 16.6. The van der Waals surface area contributed by atoms with Crippen molar-refractivity contribution in [3.63, 3.8) is 0 Å². The zero-order chi connectivity index (χ0) is 47.8. The number of aliphatic imine (C=N–C) groups is 1. The van der Waals surface area contributed by atoms with Crippen LogP contribution < -0.4 is 20.5 Å². The molecule has 13 nitrogen and oxygen atoms in total. The number of hydrogen-bond donors (Lipinski definition) is 3. The minimum Gasteiger partial charge on any atom is -0.497 e. The van der Waals surface area contributed by atoms with Gasteiger partial charge >= 0.3 is 0 Å². The Balaban J connectivity index is 0.967. The monoisotopic (exact) mass is 928 g/mol. The highest BCUT2D eigenvalue weighted by atomic mass is 16.6. The number of benzene rings is 8. The third-order valence-electron chi connectivity index (χ3n) is 14.6. The predicted octanol–water partition coefficient (Wildman–Crippen LogP) is 8.34. The van der Waals surface area contributed by atoms with Crippen molar-refractivity contribution < 1.29 is 33.6 Å². The van der Waals surface area contributed by atoms with Crippen LogP contribution in [0.15, 0.2) is 175 Å². The number of carbonyl (C=O) groups excluding carboxylic acids is 2. The van der Waals surface area contributed by atoms with Crippen LogP contribution in [0, 0.1) is 0 Å². The van der Waals surface area contributed by atoms with E-state index in [-0.39, 0.29) is 31.2 Å². The highest BCUT2D eigenvalue weighted by Gasteiger charge is 2.66. The number of nitrogens with one attached hydrogen (secondary N) is 1. The highest BCUT2D eigenvalue weighted by Crippen LogP contribution is 2.51. The van der Waals surface area contributed by atoms with Crippen molar-refractivity contribution in [2.75, 3.05) is 32.7 Å². The van der Waals surface area contributed by atoms with E-state index in [0.717, 1.165) is 54.6 Å². The molecule has 0 aliphatic carbocycles. The van der Waals surface area contributed by atoms with Gasteiger partial charge in [-0.2, -0.15) is 0 Å². The van der Waals surface area contributed by atoms with E-state index in [0.29, 0.717) is 22.9 Å². The SMILES string of the molecule is COc1ccc(C(OC[C@]23CN(C(=O)Cc4ccc5ccc6cccc7ccc4c5c67)[C@H]([C@H](n4cnc5c4NC=NC5(N)C(=O)c4ccccc4)O2)[C@H]3O)(c2ccccc2)c2ccc(OC)cc2)cc1. The van der Waals surface area contributed by atoms with Gasteiger partial charge in [0.25, 0.3) is 0 Å². The Morgan fingerprint density at radius 1 is 0.757 bits per heavy atom. The average Bonchev–Trinajstić information content (AvgIpc) is 4.07. The van der Waals surface area contributed by atoms with E-state index >= 15 is 4.79 Å². The molecule has 5 atom stereocenters. The molecule has 2 bridgehead atoms. The number of aliphatic hydroxyl groups excluding tert-OH is 1. The summed E-state index contributed by atoms with van der Waals surface area (Å²) in [6.45, 7) is -0.162. The Hall–Kier alpha value is -7.94. The first-order valence-corrected chi connectivity index (χ1v) is 23.2. The number of amides is 1. The number of hydrogen-bond acceptors (Lipinski definition) is 11. The third-order valence-corrected chi connectivity index (χ3v) is 14.6. The van der Waals surface area contributed by atoms with Gasteiger partial charge in [-0.3, -0.25) is 19.9 Å². The number of imidazole rings is 1. The first-order valence-electron chi connectivity index (χ1n) is 23.2. The van der Waals surface area contributed by atoms with E-state index < -0.39 is 41.0 Å². The van der Waals surface area contributed by atoms with Gasteiger partial charge < -0.3 is 34.3 Å². The number of aliphatic hydroxyl groups is 1. The predicted molar refractivity (Wildman–Crippen MR) is 267 cm³/mol. The van der Waals surface area contributed by atoms with Crippen LogP contribution >= 0.6 is 0 Å². The number of rotatable bonds is 13. The molecule has 0 spiro atoms. The quantitative estimate of drug-likeness (QED) is 0.0582. The molecule has 9 aromatic rings. The maximum atomic E-state index is 15.3. The van der Waals surface area contributed by atoms with Gasteiger partial charge in [0.2, 0.25) is 17.4 Å². The number of methoxy groups -OCH3 is 2. The molecule has 4 heterocycles. The van der Waals surface area contributed by atoms with Crippen LogP contribution in [0.4, 0.5) is 5.82 Å². The van der Waals surface area contributed by atoms with E-state index in [4.69, 9.17) is 29.7 Å². The second-order valence-corrected chi connectivity index (χ2v) is 18.3. The molecule has 13 heteroatoms. The van der Waals surface area contributed by atoms with Gasteiger partial charge in [-0.15, -0.1) is 0 Å². The average molecular weight is 929 g/mol. The summed E-state index contributed by atoms with van der Waals surface area (Å²) in [5.41, 5.74) is 6.06. The smallest absolute Gasteiger partial charge is 0.227 e. The molecule has 1 aromatic heterocycles. The number of ether oxygens (including phenoxy) is 4. The Morgan fingerprint density at radius 2 is 1.36 bits per heavy atom. The number of Topliss-reactive ketones (excluding diaryl/α,β-unsaturated/α-hetero) is 1. The number of ketones is 1. The van der Waals surface area contributed by atoms with Gasteiger partial charge in [0.1, 0.15) is 46.4 Å². The van der Waals surface area contributed by atoms with Crippen LogP contribution in [-0.2, 0) is 32.0 Å². The lowest BCUT2D eigenvalue weighted by atomic mass is 9.79. The van der Waals surface area contributed by atoms with Crippen LogP contribution in [0.25, 0.3) is 32.3 Å². The fourth-order valence-electron chi connectivity index (χ4n) is 11.1. The van der Waals surface area contributed by atoms with Gasteiger partial charge in [0, 0.05) is 5.56 Å². The van der Waals surface area contributed by atoms with Gasteiger partial charge in [0.05, 0.1) is 46.5 Å². The second-order valence-electron chi connectivity index (χ2n) is 18.3. The standard InChI is InChI=1S/C57H48N6O7/c1-67-43-25-21-41(22-26-43)56(40-14-7-4-8-15-40,42-23-27-44(68-2)28-24-42)69-32-55-31-62(46(64)30-39-19-18-37-17-16-35-12-9-13-36-20-29-45(39)48(37)47(35)36)49(52(55)66)54(70-55)63-34-60-50-53(63)59-33-61-57(50,58)51(65)38-10-5-3-6-11-38/h3-29,33-34,49,52,54,66H,30-32,58H2,1-2H3,(H,59,61)/t49-,52+,54+,55-,57?/m0/s1. The van der Waals surface area contributed by atoms with E-state index in [1.807, 2.05) is 91.0 Å². The molecule has 0 saturated carbocycles. The lowest BCUT2D eigenvalue weighted by molar-refractivity contribution is -0.182. The van der Waals surface area contributed by atoms with Crippen LogP contribution in [0.3, 0.4) is 0 Å². The van der Waals surface area contributed by atoms with Crippen LogP contribution in [-0.4, -0.2) is 82.7 Å². The molecule has 3 aliphatic heterocycles. The molecule has 2 fully saturated rings. The van der Waals surface area contributed by atoms with Crippen molar-refractivity contribution in [1.29, 1.82) is 0 Å². The zero-order valence-corrected chi connectivity index (χ0v) is 38.4. The first-order chi connectivity index (χ1) is 34.2. The number of nitrogens with two attached hydrogens (primary N) is 1. The summed E-state index contributed by atoms with van der Waals surface area (Å²) in [4.78, 5) is 40.2. The summed E-state index contributed by atoms with van der Waals surface area (Å²) in [5, 5.41) is 22.7. The Kier molecular flexibility index (Phi) is 10.3. The van der Waals surface area contributed by atoms with E-state index in [1.165, 1.54) is 12.7 Å². The Morgan fingerprint density at radius 3 is 2.01 bits per heavy atom. The maximum Gasteiger partial charge on any atom is 0.227 e. The van der Waals surface area contributed by atoms with Crippen molar-refractivity contribution in [2.45, 2.75) is 41.7 Å². The van der Waals surface area contributed by atoms with E-state index in [1.54, 1.807) is 48.0 Å². The lowest BCUT2D eigenvalue weighted by Gasteiger charge is -2.41. The number of morpholine rings is 1. The summed E-state index contributed by atoms with van der Waals surface area (Å²) in [6.07, 6.45) is 0.672. The van der Waals surface area contributed by atoms with E-state index in [9.17, 15) is 9.90 Å². The normalized spacial score (nSPS) is 21.6. The molecule has 0 radical (unpaired) electrons. The fraction of sp³-hybridized carbons (Fsp3) is 0.193. The number of carbonyl (C=O) groups is 2. The van der Waals surface area contributed by atoms with Gasteiger partial charge in [-0.1, -0.05) is 140 Å². The minimum atomic E-state index is -1.87. The molecular formula is C57H48N6O7. The van der Waals surface area contributed by atoms with Crippen molar-refractivity contribution in [3.8, 4) is 11.5 Å². The number of anilines is 1. The first kappa shape index (κ1) is 43.3. The van der Waals surface area contributed by atoms with Crippen molar-refractivity contribution in [2.24, 2.45) is 10.7 Å². The lowest BCUT2D eigenvalue weighted by Crippen LogP contribution is -2.52. The Labute approximate surface area is 403 Å². The van der Waals surface area contributed by atoms with Gasteiger partial charge in [-0.25, -0.2) is 9.98 Å². The molecule has 12 rings (SSSR count). The summed E-state index contributed by atoms with van der Waals surface area (Å²) in [6, 6.07) is 51.9. The molecule has 1 amide bonds. The Bertz CT molecular complexity index is 3410. The minimum absolute atomic E-state index is 0.00912. The van der Waals surface area contributed by atoms with E-state index in [2.05, 4.69) is 58.8 Å². The van der Waals surface area contributed by atoms with Crippen LogP contribution in [0.5, 0.6) is 11.5 Å². The molecule has 3 aliphatic rings. The molecule has 4 N–H and O–H groups in total. The molecular weight excluding hydrogens is 881 g/mol. The van der Waals surface area contributed by atoms with Crippen molar-refractivity contribution in [3.05, 3.63) is 204 Å². The largest absolute Gasteiger partial charge is 0.497 e. The molecule has 70 heavy (non-hydrogen) atoms. The molecule has 1 unspecified atom stereocenters. The van der Waals surface area contributed by atoms with Gasteiger partial charge in [0.15, 0.2) is 6.23 Å². The number of fused-ring (bicyclic) bond motifs is 3. The van der Waals surface area contributed by atoms with Crippen LogP contribution in [0.1, 0.15) is 44.5 Å². The molecule has 348 valence electrons. The van der Waals surface area contributed by atoms with Crippen molar-refractivity contribution in [1.82, 2.24) is 14.5 Å². The summed E-state index contributed by atoms with van der Waals surface area (Å²) >= 11 is 0. The number of nitrogens with zero attached hydrogens (tertiary/aromatic N) is 4. The molecule has 8 aromatic carbocycles. The summed E-state index contributed by atoms with van der Waals surface area (Å²) < 4.78 is 27.5.